The molecule has 0 amide bonds. The molecule has 0 saturated heterocycles. The van der Waals surface area contributed by atoms with Crippen molar-refractivity contribution in [2.45, 2.75) is 40.2 Å². The minimum Gasteiger partial charge on any atom is -0.383 e. The van der Waals surface area contributed by atoms with Crippen LogP contribution < -0.4 is 5.32 Å². The molecule has 1 atom stereocenters. The minimum absolute atomic E-state index is 0.527. The third kappa shape index (κ3) is 4.25. The van der Waals surface area contributed by atoms with Crippen LogP contribution in [0.15, 0.2) is 22.7 Å². The van der Waals surface area contributed by atoms with Gasteiger partial charge in [-0.1, -0.05) is 35.8 Å². The van der Waals surface area contributed by atoms with Gasteiger partial charge in [-0.3, -0.25) is 0 Å². The van der Waals surface area contributed by atoms with Crippen molar-refractivity contribution in [2.24, 2.45) is 5.92 Å². The first-order valence-corrected chi connectivity index (χ1v) is 6.31. The van der Waals surface area contributed by atoms with Gasteiger partial charge in [0.2, 0.25) is 0 Å². The standard InChI is InChI=1S/C13H20BrN/c1-9(2)7-11(4)15-12-6-5-10(3)13(14)8-12/h5-6,8-9,11,15H,7H2,1-4H3. The normalized spacial score (nSPS) is 12.9. The molecule has 0 aliphatic carbocycles. The molecular weight excluding hydrogens is 250 g/mol. The molecule has 15 heavy (non-hydrogen) atoms. The van der Waals surface area contributed by atoms with Gasteiger partial charge in [-0.15, -0.1) is 0 Å². The lowest BCUT2D eigenvalue weighted by atomic mass is 10.0. The van der Waals surface area contributed by atoms with E-state index >= 15 is 0 Å². The number of benzene rings is 1. The van der Waals surface area contributed by atoms with Gasteiger partial charge in [-0.25, -0.2) is 0 Å². The van der Waals surface area contributed by atoms with Crippen LogP contribution in [0.5, 0.6) is 0 Å². The van der Waals surface area contributed by atoms with E-state index in [1.807, 2.05) is 0 Å². The van der Waals surface area contributed by atoms with Crippen molar-refractivity contribution in [3.05, 3.63) is 28.2 Å². The fourth-order valence-electron chi connectivity index (χ4n) is 1.73. The number of anilines is 1. The van der Waals surface area contributed by atoms with Crippen LogP contribution in [0.3, 0.4) is 0 Å². The van der Waals surface area contributed by atoms with Crippen LogP contribution in [0.4, 0.5) is 5.69 Å². The number of hydrogen-bond donors (Lipinski definition) is 1. The van der Waals surface area contributed by atoms with Gasteiger partial charge in [-0.05, 0) is 43.9 Å². The second-order valence-corrected chi connectivity index (χ2v) is 5.49. The largest absolute Gasteiger partial charge is 0.383 e. The fourth-order valence-corrected chi connectivity index (χ4v) is 2.11. The lowest BCUT2D eigenvalue weighted by Gasteiger charge is -2.17. The molecular formula is C13H20BrN. The monoisotopic (exact) mass is 269 g/mol. The molecule has 84 valence electrons. The number of hydrogen-bond acceptors (Lipinski definition) is 1. The number of halogens is 1. The third-order valence-electron chi connectivity index (χ3n) is 2.41. The Balaban J connectivity index is 2.60. The Morgan fingerprint density at radius 2 is 1.93 bits per heavy atom. The van der Waals surface area contributed by atoms with E-state index in [0.29, 0.717) is 6.04 Å². The van der Waals surface area contributed by atoms with Crippen LogP contribution in [-0.2, 0) is 0 Å². The average Bonchev–Trinajstić information content (AvgIpc) is 2.10. The summed E-state index contributed by atoms with van der Waals surface area (Å²) in [6, 6.07) is 6.94. The van der Waals surface area contributed by atoms with E-state index in [1.165, 1.54) is 22.1 Å². The van der Waals surface area contributed by atoms with E-state index in [9.17, 15) is 0 Å². The maximum absolute atomic E-state index is 3.55. The fraction of sp³-hybridized carbons (Fsp3) is 0.538. The van der Waals surface area contributed by atoms with Crippen LogP contribution in [-0.4, -0.2) is 6.04 Å². The first-order valence-electron chi connectivity index (χ1n) is 5.51. The van der Waals surface area contributed by atoms with Crippen molar-refractivity contribution in [1.82, 2.24) is 0 Å². The summed E-state index contributed by atoms with van der Waals surface area (Å²) in [7, 11) is 0. The van der Waals surface area contributed by atoms with Crippen LogP contribution in [0.25, 0.3) is 0 Å². The van der Waals surface area contributed by atoms with Crippen molar-refractivity contribution < 1.29 is 0 Å². The number of aryl methyl sites for hydroxylation is 1. The molecule has 0 aliphatic rings. The van der Waals surface area contributed by atoms with Crippen molar-refractivity contribution >= 4 is 21.6 Å². The van der Waals surface area contributed by atoms with Gasteiger partial charge in [-0.2, -0.15) is 0 Å². The van der Waals surface area contributed by atoms with Gasteiger partial charge >= 0.3 is 0 Å². The van der Waals surface area contributed by atoms with E-state index in [1.54, 1.807) is 0 Å². The van der Waals surface area contributed by atoms with Crippen LogP contribution in [0, 0.1) is 12.8 Å². The Labute approximate surface area is 101 Å². The highest BCUT2D eigenvalue weighted by Gasteiger charge is 2.05. The summed E-state index contributed by atoms with van der Waals surface area (Å²) in [4.78, 5) is 0. The zero-order valence-corrected chi connectivity index (χ0v) is 11.6. The quantitative estimate of drug-likeness (QED) is 0.842. The van der Waals surface area contributed by atoms with Crippen molar-refractivity contribution in [1.29, 1.82) is 0 Å². The summed E-state index contributed by atoms with van der Waals surface area (Å²) in [6.45, 7) is 8.84. The molecule has 1 rings (SSSR count). The molecule has 0 radical (unpaired) electrons. The van der Waals surface area contributed by atoms with Gasteiger partial charge in [0, 0.05) is 16.2 Å². The lowest BCUT2D eigenvalue weighted by molar-refractivity contribution is 0.540. The molecule has 2 heteroatoms. The zero-order valence-electron chi connectivity index (χ0n) is 9.97. The number of nitrogens with one attached hydrogen (secondary N) is 1. The predicted octanol–water partition coefficient (Wildman–Crippen LogP) is 4.60. The molecule has 1 N–H and O–H groups in total. The summed E-state index contributed by atoms with van der Waals surface area (Å²) in [5, 5.41) is 3.51. The summed E-state index contributed by atoms with van der Waals surface area (Å²) in [5.74, 6) is 0.737. The molecule has 0 saturated carbocycles. The highest BCUT2D eigenvalue weighted by atomic mass is 79.9. The first kappa shape index (κ1) is 12.6. The lowest BCUT2D eigenvalue weighted by Crippen LogP contribution is -2.17. The van der Waals surface area contributed by atoms with E-state index in [4.69, 9.17) is 0 Å². The van der Waals surface area contributed by atoms with E-state index in [0.717, 1.165) is 5.92 Å². The second-order valence-electron chi connectivity index (χ2n) is 4.64. The number of rotatable bonds is 4. The van der Waals surface area contributed by atoms with Gasteiger partial charge in [0.15, 0.2) is 0 Å². The van der Waals surface area contributed by atoms with E-state index < -0.39 is 0 Å². The van der Waals surface area contributed by atoms with Crippen molar-refractivity contribution in [2.75, 3.05) is 5.32 Å². The summed E-state index contributed by atoms with van der Waals surface area (Å²) in [5.41, 5.74) is 2.47. The topological polar surface area (TPSA) is 12.0 Å². The SMILES string of the molecule is Cc1ccc(NC(C)CC(C)C)cc1Br. The van der Waals surface area contributed by atoms with Gasteiger partial charge < -0.3 is 5.32 Å². The summed E-state index contributed by atoms with van der Waals surface area (Å²) in [6.07, 6.45) is 1.20. The Kier molecular flexibility index (Phi) is 4.65. The smallest absolute Gasteiger partial charge is 0.0353 e. The average molecular weight is 270 g/mol. The Morgan fingerprint density at radius 1 is 1.27 bits per heavy atom. The molecule has 1 nitrogen and oxygen atoms in total. The molecule has 0 aliphatic heterocycles. The Morgan fingerprint density at radius 3 is 2.47 bits per heavy atom. The maximum atomic E-state index is 3.55. The molecule has 0 aromatic heterocycles. The first-order chi connectivity index (χ1) is 6.99. The van der Waals surface area contributed by atoms with Crippen LogP contribution in [0.1, 0.15) is 32.8 Å². The molecule has 0 heterocycles. The van der Waals surface area contributed by atoms with Crippen LogP contribution >= 0.6 is 15.9 Å². The second kappa shape index (κ2) is 5.55. The Hall–Kier alpha value is -0.500. The Bertz CT molecular complexity index is 320. The predicted molar refractivity (Wildman–Crippen MR) is 71.4 cm³/mol. The molecule has 1 aromatic carbocycles. The molecule has 0 fully saturated rings. The summed E-state index contributed by atoms with van der Waals surface area (Å²) < 4.78 is 1.17. The van der Waals surface area contributed by atoms with Crippen molar-refractivity contribution in [3.8, 4) is 0 Å². The van der Waals surface area contributed by atoms with Gasteiger partial charge in [0.05, 0.1) is 0 Å². The summed E-state index contributed by atoms with van der Waals surface area (Å²) >= 11 is 3.55. The maximum Gasteiger partial charge on any atom is 0.0353 e. The minimum atomic E-state index is 0.527. The molecule has 1 aromatic rings. The highest BCUT2D eigenvalue weighted by molar-refractivity contribution is 9.10. The van der Waals surface area contributed by atoms with Crippen LogP contribution in [0.2, 0.25) is 0 Å². The molecule has 0 spiro atoms. The zero-order chi connectivity index (χ0) is 11.4. The van der Waals surface area contributed by atoms with Crippen molar-refractivity contribution in [3.63, 3.8) is 0 Å². The van der Waals surface area contributed by atoms with Gasteiger partial charge in [0.25, 0.3) is 0 Å². The van der Waals surface area contributed by atoms with Gasteiger partial charge in [0.1, 0.15) is 0 Å². The highest BCUT2D eigenvalue weighted by Crippen LogP contribution is 2.21. The third-order valence-corrected chi connectivity index (χ3v) is 3.26. The molecule has 0 bridgehead atoms. The molecule has 1 unspecified atom stereocenters. The van der Waals surface area contributed by atoms with E-state index in [2.05, 4.69) is 67.1 Å². The van der Waals surface area contributed by atoms with E-state index in [-0.39, 0.29) is 0 Å².